The first-order valence-corrected chi connectivity index (χ1v) is 7.52. The van der Waals surface area contributed by atoms with Crippen molar-refractivity contribution in [3.8, 4) is 0 Å². The summed E-state index contributed by atoms with van der Waals surface area (Å²) in [5, 5.41) is 0.993. The van der Waals surface area contributed by atoms with Gasteiger partial charge in [0.15, 0.2) is 0 Å². The largest absolute Gasteiger partial charge is 0.443 e. The van der Waals surface area contributed by atoms with E-state index in [0.29, 0.717) is 5.88 Å². The van der Waals surface area contributed by atoms with Gasteiger partial charge in [-0.2, -0.15) is 0 Å². The molecule has 102 valence electrons. The summed E-state index contributed by atoms with van der Waals surface area (Å²) in [6, 6.07) is 5.89. The van der Waals surface area contributed by atoms with Gasteiger partial charge in [0.25, 0.3) is 0 Å². The average molecular weight is 392 g/mol. The second-order valence-corrected chi connectivity index (χ2v) is 6.70. The molecule has 0 atom stereocenters. The van der Waals surface area contributed by atoms with Crippen LogP contribution in [0.4, 0.5) is 4.79 Å². The van der Waals surface area contributed by atoms with Crippen LogP contribution in [0.3, 0.4) is 0 Å². The summed E-state index contributed by atoms with van der Waals surface area (Å²) < 4.78 is 7.96. The van der Waals surface area contributed by atoms with Crippen LogP contribution in [0, 0.1) is 3.57 Å². The van der Waals surface area contributed by atoms with Crippen molar-refractivity contribution in [3.63, 3.8) is 0 Å². The Morgan fingerprint density at radius 3 is 2.68 bits per heavy atom. The molecule has 0 fully saturated rings. The lowest BCUT2D eigenvalue weighted by molar-refractivity contribution is 0.0544. The Morgan fingerprint density at radius 1 is 1.42 bits per heavy atom. The third-order valence-electron chi connectivity index (χ3n) is 2.59. The van der Waals surface area contributed by atoms with Gasteiger partial charge in [0.2, 0.25) is 0 Å². The van der Waals surface area contributed by atoms with Crippen molar-refractivity contribution in [2.24, 2.45) is 0 Å². The van der Waals surface area contributed by atoms with Crippen molar-refractivity contribution in [3.05, 3.63) is 33.5 Å². The van der Waals surface area contributed by atoms with E-state index in [1.165, 1.54) is 0 Å². The maximum absolute atomic E-state index is 12.3. The minimum absolute atomic E-state index is 0.367. The number of aromatic nitrogens is 1. The molecule has 0 bridgehead atoms. The highest BCUT2D eigenvalue weighted by Crippen LogP contribution is 2.27. The molecule has 2 rings (SSSR count). The van der Waals surface area contributed by atoms with Crippen molar-refractivity contribution >= 4 is 51.2 Å². The first-order valence-electron chi connectivity index (χ1n) is 5.91. The number of ether oxygens (including phenoxy) is 1. The number of fused-ring (bicyclic) bond motifs is 1. The van der Waals surface area contributed by atoms with E-state index in [1.54, 1.807) is 10.8 Å². The SMILES string of the molecule is CC(C)(C)OC(=O)n1cc(CCl)c2cccc(I)c21. The number of hydrogen-bond donors (Lipinski definition) is 0. The number of alkyl halides is 1. The molecule has 0 radical (unpaired) electrons. The summed E-state index contributed by atoms with van der Waals surface area (Å²) in [7, 11) is 0. The summed E-state index contributed by atoms with van der Waals surface area (Å²) in [5.41, 5.74) is 1.27. The molecule has 0 aliphatic heterocycles. The zero-order valence-corrected chi connectivity index (χ0v) is 13.9. The molecule has 5 heteroatoms. The average Bonchev–Trinajstić information content (AvgIpc) is 2.67. The normalized spacial score (nSPS) is 11.8. The van der Waals surface area contributed by atoms with Crippen LogP contribution >= 0.6 is 34.2 Å². The quantitative estimate of drug-likeness (QED) is 0.518. The molecule has 1 aromatic heterocycles. The van der Waals surface area contributed by atoms with Crippen LogP contribution in [0.25, 0.3) is 10.9 Å². The molecule has 0 N–H and O–H groups in total. The molecule has 2 aromatic rings. The maximum Gasteiger partial charge on any atom is 0.419 e. The number of rotatable bonds is 1. The van der Waals surface area contributed by atoms with Gasteiger partial charge in [0.05, 0.1) is 5.52 Å². The highest BCUT2D eigenvalue weighted by Gasteiger charge is 2.21. The van der Waals surface area contributed by atoms with E-state index < -0.39 is 5.60 Å². The number of halogens is 2. The third-order valence-corrected chi connectivity index (χ3v) is 3.75. The van der Waals surface area contributed by atoms with Gasteiger partial charge in [0, 0.05) is 21.0 Å². The molecule has 3 nitrogen and oxygen atoms in total. The van der Waals surface area contributed by atoms with Gasteiger partial charge in [-0.1, -0.05) is 12.1 Å². The lowest BCUT2D eigenvalue weighted by Gasteiger charge is -2.20. The first kappa shape index (κ1) is 14.7. The Labute approximate surface area is 131 Å². The van der Waals surface area contributed by atoms with Crippen LogP contribution in [0.5, 0.6) is 0 Å². The zero-order chi connectivity index (χ0) is 14.2. The van der Waals surface area contributed by atoms with Crippen LogP contribution in [-0.4, -0.2) is 16.3 Å². The summed E-state index contributed by atoms with van der Waals surface area (Å²) in [5.74, 6) is 0.367. The minimum Gasteiger partial charge on any atom is -0.443 e. The van der Waals surface area contributed by atoms with Crippen molar-refractivity contribution in [2.75, 3.05) is 0 Å². The Kier molecular flexibility index (Phi) is 4.11. The predicted octanol–water partition coefficient (Wildman–Crippen LogP) is 4.77. The Balaban J connectivity index is 2.58. The number of nitrogens with zero attached hydrogens (tertiary/aromatic N) is 1. The van der Waals surface area contributed by atoms with Crippen molar-refractivity contribution in [1.82, 2.24) is 4.57 Å². The zero-order valence-electron chi connectivity index (χ0n) is 11.0. The van der Waals surface area contributed by atoms with Crippen LogP contribution in [0.1, 0.15) is 26.3 Å². The molecule has 0 unspecified atom stereocenters. The second-order valence-electron chi connectivity index (χ2n) is 5.27. The molecule has 0 aliphatic carbocycles. The lowest BCUT2D eigenvalue weighted by atomic mass is 10.2. The molecule has 1 heterocycles. The fourth-order valence-corrected chi connectivity index (χ4v) is 2.84. The van der Waals surface area contributed by atoms with Crippen molar-refractivity contribution in [1.29, 1.82) is 0 Å². The number of benzene rings is 1. The smallest absolute Gasteiger partial charge is 0.419 e. The van der Waals surface area contributed by atoms with E-state index in [2.05, 4.69) is 22.6 Å². The number of hydrogen-bond acceptors (Lipinski definition) is 2. The molecular weight excluding hydrogens is 377 g/mol. The molecule has 19 heavy (non-hydrogen) atoms. The lowest BCUT2D eigenvalue weighted by Crippen LogP contribution is -2.26. The summed E-state index contributed by atoms with van der Waals surface area (Å²) in [6.07, 6.45) is 1.38. The fourth-order valence-electron chi connectivity index (χ4n) is 1.87. The summed E-state index contributed by atoms with van der Waals surface area (Å²) in [6.45, 7) is 5.55. The molecule has 0 spiro atoms. The second kappa shape index (κ2) is 5.32. The Morgan fingerprint density at radius 2 is 2.11 bits per heavy atom. The molecular formula is C14H15ClINO2. The van der Waals surface area contributed by atoms with Gasteiger partial charge >= 0.3 is 6.09 Å². The van der Waals surface area contributed by atoms with Crippen LogP contribution in [0.2, 0.25) is 0 Å². The van der Waals surface area contributed by atoms with Crippen molar-refractivity contribution < 1.29 is 9.53 Å². The topological polar surface area (TPSA) is 31.2 Å². The predicted molar refractivity (Wildman–Crippen MR) is 85.8 cm³/mol. The van der Waals surface area contributed by atoms with Crippen LogP contribution in [-0.2, 0) is 10.6 Å². The first-order chi connectivity index (χ1) is 8.83. The molecule has 0 saturated heterocycles. The van der Waals surface area contributed by atoms with Gasteiger partial charge in [0.1, 0.15) is 5.60 Å². The van der Waals surface area contributed by atoms with Gasteiger partial charge in [-0.3, -0.25) is 4.57 Å². The highest BCUT2D eigenvalue weighted by molar-refractivity contribution is 14.1. The summed E-state index contributed by atoms with van der Waals surface area (Å²) in [4.78, 5) is 12.3. The Hall–Kier alpha value is -0.750. The standard InChI is InChI=1S/C14H15ClINO2/c1-14(2,3)19-13(18)17-8-9(7-15)10-5-4-6-11(16)12(10)17/h4-6,8H,7H2,1-3H3. The molecule has 0 aliphatic rings. The van der Waals surface area contributed by atoms with E-state index in [-0.39, 0.29) is 6.09 Å². The number of carbonyl (C=O) groups is 1. The van der Waals surface area contributed by atoms with E-state index in [4.69, 9.17) is 16.3 Å². The Bertz CT molecular complexity index is 628. The van der Waals surface area contributed by atoms with Crippen LogP contribution in [0.15, 0.2) is 24.4 Å². The fraction of sp³-hybridized carbons (Fsp3) is 0.357. The van der Waals surface area contributed by atoms with Gasteiger partial charge in [-0.25, -0.2) is 4.79 Å². The van der Waals surface area contributed by atoms with Crippen molar-refractivity contribution in [2.45, 2.75) is 32.3 Å². The van der Waals surface area contributed by atoms with Gasteiger partial charge in [-0.05, 0) is 55.0 Å². The van der Waals surface area contributed by atoms with E-state index in [0.717, 1.165) is 20.0 Å². The summed E-state index contributed by atoms with van der Waals surface area (Å²) >= 11 is 8.15. The molecule has 0 amide bonds. The van der Waals surface area contributed by atoms with Gasteiger partial charge in [-0.15, -0.1) is 11.6 Å². The van der Waals surface area contributed by atoms with E-state index in [9.17, 15) is 4.79 Å². The van der Waals surface area contributed by atoms with Gasteiger partial charge < -0.3 is 4.74 Å². The van der Waals surface area contributed by atoms with E-state index in [1.807, 2.05) is 39.0 Å². The number of carbonyl (C=O) groups excluding carboxylic acids is 1. The maximum atomic E-state index is 12.3. The minimum atomic E-state index is -0.519. The molecule has 0 saturated carbocycles. The third kappa shape index (κ3) is 3.05. The number of para-hydroxylation sites is 1. The monoisotopic (exact) mass is 391 g/mol. The highest BCUT2D eigenvalue weighted by atomic mass is 127. The van der Waals surface area contributed by atoms with E-state index >= 15 is 0 Å². The van der Waals surface area contributed by atoms with Crippen LogP contribution < -0.4 is 0 Å². The molecule has 1 aromatic carbocycles.